The van der Waals surface area contributed by atoms with Gasteiger partial charge in [-0.25, -0.2) is 0 Å². The number of para-hydroxylation sites is 2. The predicted octanol–water partition coefficient (Wildman–Crippen LogP) is 4.68. The van der Waals surface area contributed by atoms with Crippen molar-refractivity contribution in [3.05, 3.63) is 78.6 Å². The van der Waals surface area contributed by atoms with E-state index in [0.29, 0.717) is 18.1 Å². The van der Waals surface area contributed by atoms with Crippen molar-refractivity contribution in [3.8, 4) is 5.75 Å². The van der Waals surface area contributed by atoms with E-state index < -0.39 is 18.0 Å². The second-order valence-electron chi connectivity index (χ2n) is 6.34. The lowest BCUT2D eigenvalue weighted by Gasteiger charge is -2.13. The molecular weight excluding hydrogens is 429 g/mol. The lowest BCUT2D eigenvalue weighted by Crippen LogP contribution is -2.20. The van der Waals surface area contributed by atoms with Gasteiger partial charge in [-0.1, -0.05) is 60.3 Å². The van der Waals surface area contributed by atoms with Gasteiger partial charge in [0.25, 0.3) is 0 Å². The van der Waals surface area contributed by atoms with Gasteiger partial charge in [-0.2, -0.15) is 0 Å². The highest BCUT2D eigenvalue weighted by molar-refractivity contribution is 7.99. The van der Waals surface area contributed by atoms with Gasteiger partial charge in [0.1, 0.15) is 5.82 Å². The number of ether oxygens (including phenoxy) is 1. The van der Waals surface area contributed by atoms with E-state index in [9.17, 15) is 18.0 Å². The van der Waals surface area contributed by atoms with E-state index in [0.717, 1.165) is 29.2 Å². The van der Waals surface area contributed by atoms with Crippen molar-refractivity contribution in [2.45, 2.75) is 24.5 Å². The van der Waals surface area contributed by atoms with Crippen molar-refractivity contribution in [1.29, 1.82) is 0 Å². The summed E-state index contributed by atoms with van der Waals surface area (Å²) in [5.74, 6) is -0.326. The number of amides is 1. The molecular formula is C21H19F3N4O2S. The van der Waals surface area contributed by atoms with Crippen molar-refractivity contribution in [2.75, 3.05) is 11.1 Å². The maximum Gasteiger partial charge on any atom is 0.573 e. The van der Waals surface area contributed by atoms with Crippen LogP contribution < -0.4 is 10.1 Å². The molecule has 0 unspecified atom stereocenters. The number of carbonyl (C=O) groups is 1. The monoisotopic (exact) mass is 448 g/mol. The van der Waals surface area contributed by atoms with Crippen LogP contribution in [0.25, 0.3) is 0 Å². The summed E-state index contributed by atoms with van der Waals surface area (Å²) in [6, 6.07) is 15.1. The predicted molar refractivity (Wildman–Crippen MR) is 112 cm³/mol. The van der Waals surface area contributed by atoms with E-state index in [4.69, 9.17) is 0 Å². The molecule has 0 spiro atoms. The van der Waals surface area contributed by atoms with Crippen LogP contribution in [-0.4, -0.2) is 32.8 Å². The summed E-state index contributed by atoms with van der Waals surface area (Å²) in [5.41, 5.74) is 0.999. The Morgan fingerprint density at radius 1 is 1.13 bits per heavy atom. The number of halogens is 3. The van der Waals surface area contributed by atoms with Crippen LogP contribution in [0, 0.1) is 0 Å². The zero-order valence-corrected chi connectivity index (χ0v) is 17.1. The molecule has 0 saturated heterocycles. The Morgan fingerprint density at radius 3 is 2.55 bits per heavy atom. The molecule has 10 heteroatoms. The highest BCUT2D eigenvalue weighted by Crippen LogP contribution is 2.30. The zero-order valence-electron chi connectivity index (χ0n) is 16.3. The molecule has 6 nitrogen and oxygen atoms in total. The second-order valence-corrected chi connectivity index (χ2v) is 7.28. The summed E-state index contributed by atoms with van der Waals surface area (Å²) in [4.78, 5) is 12.3. The minimum Gasteiger partial charge on any atom is -0.404 e. The van der Waals surface area contributed by atoms with Gasteiger partial charge >= 0.3 is 6.36 Å². The van der Waals surface area contributed by atoms with E-state index in [1.165, 1.54) is 18.2 Å². The molecule has 2 aromatic carbocycles. The lowest BCUT2D eigenvalue weighted by molar-refractivity contribution is -0.274. The fraction of sp³-hybridized carbons (Fsp3) is 0.190. The van der Waals surface area contributed by atoms with Gasteiger partial charge in [0, 0.05) is 13.0 Å². The summed E-state index contributed by atoms with van der Waals surface area (Å²) >= 11 is 1.13. The molecule has 31 heavy (non-hydrogen) atoms. The average molecular weight is 448 g/mol. The Kier molecular flexibility index (Phi) is 7.35. The van der Waals surface area contributed by atoms with Gasteiger partial charge in [0.05, 0.1) is 11.4 Å². The van der Waals surface area contributed by atoms with Crippen molar-refractivity contribution >= 4 is 23.4 Å². The number of allylic oxidation sites excluding steroid dienone is 1. The summed E-state index contributed by atoms with van der Waals surface area (Å²) in [6.07, 6.45) is -2.59. The fourth-order valence-electron chi connectivity index (χ4n) is 2.75. The third-order valence-electron chi connectivity index (χ3n) is 4.03. The Morgan fingerprint density at radius 2 is 1.84 bits per heavy atom. The van der Waals surface area contributed by atoms with E-state index in [1.807, 2.05) is 34.9 Å². The van der Waals surface area contributed by atoms with Crippen LogP contribution >= 0.6 is 11.8 Å². The highest BCUT2D eigenvalue weighted by atomic mass is 32.2. The van der Waals surface area contributed by atoms with Crippen LogP contribution in [0.15, 0.2) is 72.4 Å². The third-order valence-corrected chi connectivity index (χ3v) is 5.00. The first kappa shape index (κ1) is 22.4. The van der Waals surface area contributed by atoms with E-state index in [2.05, 4.69) is 26.8 Å². The fourth-order valence-corrected chi connectivity index (χ4v) is 3.51. The first-order valence-electron chi connectivity index (χ1n) is 9.20. The molecule has 3 rings (SSSR count). The standard InChI is InChI=1S/C21H19F3N4O2S/c1-2-12-28-18(13-15-8-4-3-5-9-15)26-27-20(28)31-14-19(29)25-16-10-6-7-11-17(16)30-21(22,23)24/h2-11H,1,12-14H2,(H,25,29). The SMILES string of the molecule is C=CCn1c(Cc2ccccc2)nnc1SCC(=O)Nc1ccccc1OC(F)(F)F. The third kappa shape index (κ3) is 6.61. The first-order chi connectivity index (χ1) is 14.9. The zero-order chi connectivity index (χ0) is 22.3. The van der Waals surface area contributed by atoms with Crippen molar-refractivity contribution in [2.24, 2.45) is 0 Å². The van der Waals surface area contributed by atoms with Crippen molar-refractivity contribution in [1.82, 2.24) is 14.8 Å². The summed E-state index contributed by atoms with van der Waals surface area (Å²) in [6.45, 7) is 4.20. The molecule has 0 bridgehead atoms. The highest BCUT2D eigenvalue weighted by Gasteiger charge is 2.32. The second kappa shape index (κ2) is 10.2. The minimum absolute atomic E-state index is 0.0669. The topological polar surface area (TPSA) is 69.0 Å². The number of nitrogens with one attached hydrogen (secondary N) is 1. The number of carbonyl (C=O) groups excluding carboxylic acids is 1. The molecule has 1 amide bonds. The van der Waals surface area contributed by atoms with Crippen LogP contribution in [0.3, 0.4) is 0 Å². The molecule has 0 aliphatic heterocycles. The number of aromatic nitrogens is 3. The van der Waals surface area contributed by atoms with Gasteiger partial charge in [0.2, 0.25) is 5.91 Å². The number of nitrogens with zero attached hydrogens (tertiary/aromatic N) is 3. The number of hydrogen-bond donors (Lipinski definition) is 1. The van der Waals surface area contributed by atoms with Crippen LogP contribution in [0.2, 0.25) is 0 Å². The molecule has 0 fully saturated rings. The molecule has 0 atom stereocenters. The van der Waals surface area contributed by atoms with Gasteiger partial charge in [-0.05, 0) is 17.7 Å². The maximum absolute atomic E-state index is 12.5. The largest absolute Gasteiger partial charge is 0.573 e. The Hall–Kier alpha value is -3.27. The summed E-state index contributed by atoms with van der Waals surface area (Å²) < 4.78 is 43.4. The molecule has 1 N–H and O–H groups in total. The quantitative estimate of drug-likeness (QED) is 0.380. The number of rotatable bonds is 9. The van der Waals surface area contributed by atoms with Crippen molar-refractivity contribution in [3.63, 3.8) is 0 Å². The Bertz CT molecular complexity index is 1040. The van der Waals surface area contributed by atoms with Crippen molar-refractivity contribution < 1.29 is 22.7 Å². The lowest BCUT2D eigenvalue weighted by atomic mass is 10.1. The Labute approximate surface area is 181 Å². The number of alkyl halides is 3. The maximum atomic E-state index is 12.5. The smallest absolute Gasteiger partial charge is 0.404 e. The number of anilines is 1. The molecule has 162 valence electrons. The van der Waals surface area contributed by atoms with E-state index in [1.54, 1.807) is 6.08 Å². The molecule has 0 aliphatic carbocycles. The van der Waals surface area contributed by atoms with Gasteiger partial charge < -0.3 is 14.6 Å². The van der Waals surface area contributed by atoms with Gasteiger partial charge in [0.15, 0.2) is 10.9 Å². The number of hydrogen-bond acceptors (Lipinski definition) is 5. The number of benzene rings is 2. The van der Waals surface area contributed by atoms with Crippen LogP contribution in [-0.2, 0) is 17.8 Å². The average Bonchev–Trinajstić information content (AvgIpc) is 3.09. The van der Waals surface area contributed by atoms with E-state index in [-0.39, 0.29) is 11.4 Å². The molecule has 3 aromatic rings. The minimum atomic E-state index is -4.86. The molecule has 0 radical (unpaired) electrons. The summed E-state index contributed by atoms with van der Waals surface area (Å²) in [7, 11) is 0. The van der Waals surface area contributed by atoms with Crippen LogP contribution in [0.4, 0.5) is 18.9 Å². The summed E-state index contributed by atoms with van der Waals surface area (Å²) in [5, 5.41) is 11.3. The van der Waals surface area contributed by atoms with Gasteiger partial charge in [-0.15, -0.1) is 29.9 Å². The van der Waals surface area contributed by atoms with E-state index >= 15 is 0 Å². The number of thioether (sulfide) groups is 1. The molecule has 0 saturated carbocycles. The normalized spacial score (nSPS) is 11.2. The van der Waals surface area contributed by atoms with Crippen LogP contribution in [0.5, 0.6) is 5.75 Å². The van der Waals surface area contributed by atoms with Gasteiger partial charge in [-0.3, -0.25) is 4.79 Å². The molecule has 1 aromatic heterocycles. The first-order valence-corrected chi connectivity index (χ1v) is 10.2. The molecule has 0 aliphatic rings. The van der Waals surface area contributed by atoms with Crippen LogP contribution in [0.1, 0.15) is 11.4 Å². The molecule has 1 heterocycles. The Balaban J connectivity index is 1.66.